The van der Waals surface area contributed by atoms with Gasteiger partial charge >= 0.3 is 0 Å². The summed E-state index contributed by atoms with van der Waals surface area (Å²) in [5, 5.41) is 9.67. The van der Waals surface area contributed by atoms with Gasteiger partial charge in [-0.15, -0.1) is 0 Å². The average Bonchev–Trinajstić information content (AvgIpc) is 2.68. The molecule has 1 saturated heterocycles. The largest absolute Gasteiger partial charge is 0.356 e. The number of aromatic nitrogens is 1. The Hall–Kier alpha value is -2.14. The lowest BCUT2D eigenvalue weighted by Crippen LogP contribution is -2.39. The van der Waals surface area contributed by atoms with Crippen molar-refractivity contribution in [1.29, 1.82) is 5.26 Å². The van der Waals surface area contributed by atoms with E-state index < -0.39 is 10.0 Å². The van der Waals surface area contributed by atoms with E-state index in [1.54, 1.807) is 42.6 Å². The van der Waals surface area contributed by atoms with E-state index in [-0.39, 0.29) is 11.7 Å². The van der Waals surface area contributed by atoms with Gasteiger partial charge < -0.3 is 4.90 Å². The minimum absolute atomic E-state index is 0.120. The van der Waals surface area contributed by atoms with Crippen LogP contribution in [0.3, 0.4) is 0 Å². The average molecular weight is 405 g/mol. The van der Waals surface area contributed by atoms with Crippen LogP contribution in [0.5, 0.6) is 0 Å². The first-order valence-corrected chi connectivity index (χ1v) is 10.8. The first-order chi connectivity index (χ1) is 13.0. The van der Waals surface area contributed by atoms with Crippen molar-refractivity contribution >= 4 is 27.4 Å². The molecule has 1 aromatic carbocycles. The summed E-state index contributed by atoms with van der Waals surface area (Å²) in [4.78, 5) is 6.41. The lowest BCUT2D eigenvalue weighted by Gasteiger charge is -2.33. The maximum Gasteiger partial charge on any atom is 0.215 e. The first kappa shape index (κ1) is 19.6. The Balaban J connectivity index is 1.52. The molecule has 3 rings (SSSR count). The number of piperidine rings is 1. The maximum absolute atomic E-state index is 12.3. The van der Waals surface area contributed by atoms with E-state index in [1.165, 1.54) is 0 Å². The van der Waals surface area contributed by atoms with Crippen LogP contribution in [0, 0.1) is 17.2 Å². The van der Waals surface area contributed by atoms with Gasteiger partial charge in [-0.2, -0.15) is 5.26 Å². The summed E-state index contributed by atoms with van der Waals surface area (Å²) in [7, 11) is -3.44. The first-order valence-electron chi connectivity index (χ1n) is 8.79. The van der Waals surface area contributed by atoms with Crippen LogP contribution in [0.25, 0.3) is 0 Å². The third kappa shape index (κ3) is 5.19. The van der Waals surface area contributed by atoms with Crippen molar-refractivity contribution in [3.8, 4) is 6.07 Å². The van der Waals surface area contributed by atoms with Gasteiger partial charge in [0.05, 0.1) is 11.3 Å². The highest BCUT2D eigenvalue weighted by Crippen LogP contribution is 2.24. The molecule has 1 aliphatic rings. The zero-order chi connectivity index (χ0) is 19.3. The second kappa shape index (κ2) is 8.70. The Kier molecular flexibility index (Phi) is 6.32. The lowest BCUT2D eigenvalue weighted by molar-refractivity contribution is 0.400. The van der Waals surface area contributed by atoms with Gasteiger partial charge in [0.15, 0.2) is 0 Å². The second-order valence-electron chi connectivity index (χ2n) is 6.62. The van der Waals surface area contributed by atoms with E-state index in [0.29, 0.717) is 28.5 Å². The number of anilines is 1. The normalized spacial score (nSPS) is 15.5. The topological polar surface area (TPSA) is 86.1 Å². The summed E-state index contributed by atoms with van der Waals surface area (Å²) < 4.78 is 27.4. The number of nitriles is 1. The molecule has 0 spiro atoms. The van der Waals surface area contributed by atoms with Crippen LogP contribution in [0.2, 0.25) is 5.02 Å². The summed E-state index contributed by atoms with van der Waals surface area (Å²) in [6.45, 7) is 1.92. The predicted octanol–water partition coefficient (Wildman–Crippen LogP) is 2.94. The van der Waals surface area contributed by atoms with Crippen LogP contribution < -0.4 is 9.62 Å². The second-order valence-corrected chi connectivity index (χ2v) is 8.83. The Morgan fingerprint density at radius 2 is 1.96 bits per heavy atom. The molecule has 0 radical (unpaired) electrons. The van der Waals surface area contributed by atoms with Gasteiger partial charge in [0.1, 0.15) is 11.9 Å². The summed E-state index contributed by atoms with van der Waals surface area (Å²) in [5.41, 5.74) is 1.16. The van der Waals surface area contributed by atoms with Crippen LogP contribution in [0.1, 0.15) is 24.0 Å². The van der Waals surface area contributed by atoms with Gasteiger partial charge in [0.2, 0.25) is 10.0 Å². The van der Waals surface area contributed by atoms with Crippen molar-refractivity contribution in [3.05, 3.63) is 58.7 Å². The maximum atomic E-state index is 12.3. The summed E-state index contributed by atoms with van der Waals surface area (Å²) >= 11 is 6.05. The Labute approximate surface area is 164 Å². The summed E-state index contributed by atoms with van der Waals surface area (Å²) in [5.74, 6) is 0.847. The molecule has 0 amide bonds. The van der Waals surface area contributed by atoms with Gasteiger partial charge in [-0.3, -0.25) is 0 Å². The van der Waals surface area contributed by atoms with E-state index in [1.807, 2.05) is 0 Å². The van der Waals surface area contributed by atoms with Gasteiger partial charge in [0, 0.05) is 30.9 Å². The molecule has 1 fully saturated rings. The van der Waals surface area contributed by atoms with Crippen LogP contribution >= 0.6 is 11.6 Å². The van der Waals surface area contributed by atoms with Crippen molar-refractivity contribution < 1.29 is 8.42 Å². The number of sulfonamides is 1. The van der Waals surface area contributed by atoms with Crippen molar-refractivity contribution in [2.24, 2.45) is 5.92 Å². The highest BCUT2D eigenvalue weighted by molar-refractivity contribution is 7.88. The van der Waals surface area contributed by atoms with E-state index in [2.05, 4.69) is 20.7 Å². The Morgan fingerprint density at radius 3 is 2.67 bits per heavy atom. The minimum atomic E-state index is -3.44. The number of benzene rings is 1. The third-order valence-electron chi connectivity index (χ3n) is 4.72. The molecule has 2 aromatic rings. The Bertz CT molecular complexity index is 935. The van der Waals surface area contributed by atoms with E-state index >= 15 is 0 Å². The third-order valence-corrected chi connectivity index (χ3v) is 6.38. The fourth-order valence-electron chi connectivity index (χ4n) is 3.20. The van der Waals surface area contributed by atoms with Crippen molar-refractivity contribution in [1.82, 2.24) is 9.71 Å². The monoisotopic (exact) mass is 404 g/mol. The molecule has 1 N–H and O–H groups in total. The number of halogens is 1. The van der Waals surface area contributed by atoms with E-state index in [0.717, 1.165) is 25.9 Å². The smallest absolute Gasteiger partial charge is 0.215 e. The predicted molar refractivity (Wildman–Crippen MR) is 106 cm³/mol. The minimum Gasteiger partial charge on any atom is -0.356 e. The van der Waals surface area contributed by atoms with Crippen LogP contribution in [-0.4, -0.2) is 33.0 Å². The van der Waals surface area contributed by atoms with Crippen molar-refractivity contribution in [2.75, 3.05) is 24.5 Å². The lowest BCUT2D eigenvalue weighted by atomic mass is 9.97. The molecule has 0 aliphatic carbocycles. The SMILES string of the molecule is N#Cc1cccnc1N1CCC(CNS(=O)(=O)Cc2ccccc2Cl)CC1. The highest BCUT2D eigenvalue weighted by atomic mass is 35.5. The Morgan fingerprint density at radius 1 is 1.22 bits per heavy atom. The summed E-state index contributed by atoms with van der Waals surface area (Å²) in [6.07, 6.45) is 3.37. The standard InChI is InChI=1S/C19H21ClN4O2S/c20-18-6-2-1-4-17(18)14-27(25,26)23-13-15-7-10-24(11-8-15)19-16(12-21)5-3-9-22-19/h1-6,9,15,23H,7-8,10-11,13-14H2. The molecule has 8 heteroatoms. The van der Waals surface area contributed by atoms with Gasteiger partial charge in [-0.05, 0) is 42.5 Å². The molecule has 0 unspecified atom stereocenters. The molecule has 0 saturated carbocycles. The van der Waals surface area contributed by atoms with Gasteiger partial charge in [-0.25, -0.2) is 18.1 Å². The van der Waals surface area contributed by atoms with Crippen molar-refractivity contribution in [2.45, 2.75) is 18.6 Å². The number of hydrogen-bond donors (Lipinski definition) is 1. The molecule has 2 heterocycles. The highest BCUT2D eigenvalue weighted by Gasteiger charge is 2.23. The molecule has 1 aliphatic heterocycles. The molecule has 1 aromatic heterocycles. The number of nitrogens with zero attached hydrogens (tertiary/aromatic N) is 3. The number of pyridine rings is 1. The number of nitrogens with one attached hydrogen (secondary N) is 1. The van der Waals surface area contributed by atoms with Gasteiger partial charge in [-0.1, -0.05) is 29.8 Å². The van der Waals surface area contributed by atoms with Crippen molar-refractivity contribution in [3.63, 3.8) is 0 Å². The molecular formula is C19H21ClN4O2S. The molecule has 6 nitrogen and oxygen atoms in total. The van der Waals surface area contributed by atoms with E-state index in [9.17, 15) is 13.7 Å². The molecule has 142 valence electrons. The summed E-state index contributed by atoms with van der Waals surface area (Å²) in [6, 6.07) is 12.6. The molecule has 27 heavy (non-hydrogen) atoms. The molecule has 0 bridgehead atoms. The quantitative estimate of drug-likeness (QED) is 0.799. The van der Waals surface area contributed by atoms with E-state index in [4.69, 9.17) is 11.6 Å². The fourth-order valence-corrected chi connectivity index (χ4v) is 4.74. The number of rotatable bonds is 6. The molecule has 0 atom stereocenters. The van der Waals surface area contributed by atoms with Crippen LogP contribution in [-0.2, 0) is 15.8 Å². The zero-order valence-electron chi connectivity index (χ0n) is 14.8. The zero-order valence-corrected chi connectivity index (χ0v) is 16.4. The van der Waals surface area contributed by atoms with Crippen LogP contribution in [0.4, 0.5) is 5.82 Å². The van der Waals surface area contributed by atoms with Gasteiger partial charge in [0.25, 0.3) is 0 Å². The number of hydrogen-bond acceptors (Lipinski definition) is 5. The molecular weight excluding hydrogens is 384 g/mol. The fraction of sp³-hybridized carbons (Fsp3) is 0.368. The van der Waals surface area contributed by atoms with Crippen LogP contribution in [0.15, 0.2) is 42.6 Å².